The molecule has 0 radical (unpaired) electrons. The minimum Gasteiger partial charge on any atom is -0.858 e. The zero-order valence-corrected chi connectivity index (χ0v) is 18.1. The summed E-state index contributed by atoms with van der Waals surface area (Å²) < 4.78 is 35.5. The number of halogens is 4. The van der Waals surface area contributed by atoms with Crippen molar-refractivity contribution >= 4 is 56.7 Å². The summed E-state index contributed by atoms with van der Waals surface area (Å²) in [6, 6.07) is 2.49. The van der Waals surface area contributed by atoms with Gasteiger partial charge in [0.2, 0.25) is 0 Å². The maximum atomic E-state index is 12.8. The van der Waals surface area contributed by atoms with E-state index >= 15 is 0 Å². The molecular formula is C17H7Cl2F2N4NaO3. The molecule has 0 spiro atoms. The van der Waals surface area contributed by atoms with Gasteiger partial charge in [-0.1, -0.05) is 23.2 Å². The van der Waals surface area contributed by atoms with E-state index in [1.807, 2.05) is 0 Å². The van der Waals surface area contributed by atoms with Crippen molar-refractivity contribution in [3.63, 3.8) is 0 Å². The van der Waals surface area contributed by atoms with Crippen LogP contribution in [0, 0.1) is 0 Å². The van der Waals surface area contributed by atoms with Crippen LogP contribution in [0.3, 0.4) is 0 Å². The van der Waals surface area contributed by atoms with Gasteiger partial charge in [-0.15, -0.1) is 0 Å². The molecule has 0 aliphatic carbocycles. The van der Waals surface area contributed by atoms with Crippen molar-refractivity contribution in [1.29, 1.82) is 0 Å². The number of rotatable bonds is 4. The van der Waals surface area contributed by atoms with Gasteiger partial charge in [0, 0.05) is 17.8 Å². The monoisotopic (exact) mass is 446 g/mol. The Morgan fingerprint density at radius 2 is 1.79 bits per heavy atom. The number of furan rings is 1. The van der Waals surface area contributed by atoms with E-state index in [0.29, 0.717) is 5.39 Å². The molecule has 12 heteroatoms. The number of hydrogen-bond donors (Lipinski definition) is 0. The molecule has 4 rings (SSSR count). The van der Waals surface area contributed by atoms with Crippen molar-refractivity contribution in [2.75, 3.05) is 0 Å². The molecule has 142 valence electrons. The number of pyridine rings is 1. The molecule has 0 unspecified atom stereocenters. The van der Waals surface area contributed by atoms with Crippen molar-refractivity contribution in [1.82, 2.24) is 15.2 Å². The van der Waals surface area contributed by atoms with Crippen molar-refractivity contribution in [3.8, 4) is 5.75 Å². The fourth-order valence-corrected chi connectivity index (χ4v) is 3.11. The zero-order chi connectivity index (χ0) is 19.8. The predicted octanol–water partition coefficient (Wildman–Crippen LogP) is 1.12. The molecule has 0 aliphatic heterocycles. The Bertz CT molecular complexity index is 1220. The maximum Gasteiger partial charge on any atom is 1.00 e. The Morgan fingerprint density at radius 1 is 1.10 bits per heavy atom. The quantitative estimate of drug-likeness (QED) is 0.264. The smallest absolute Gasteiger partial charge is 0.858 e. The zero-order valence-electron chi connectivity index (χ0n) is 14.6. The number of nitrogens with zero attached hydrogens (tertiary/aromatic N) is 4. The molecule has 0 saturated carbocycles. The molecule has 0 aliphatic rings. The first-order valence-electron chi connectivity index (χ1n) is 7.61. The maximum absolute atomic E-state index is 12.8. The molecule has 0 amide bonds. The number of hydrogen-bond acceptors (Lipinski definition) is 7. The van der Waals surface area contributed by atoms with Gasteiger partial charge in [-0.05, 0) is 23.6 Å². The van der Waals surface area contributed by atoms with Gasteiger partial charge in [0.15, 0.2) is 16.9 Å². The summed E-state index contributed by atoms with van der Waals surface area (Å²) in [7, 11) is 0. The Kier molecular flexibility index (Phi) is 6.55. The molecule has 0 N–H and O–H groups in total. The van der Waals surface area contributed by atoms with E-state index in [1.54, 1.807) is 0 Å². The summed E-state index contributed by atoms with van der Waals surface area (Å²) in [6.45, 7) is -3.08. The number of benzene rings is 1. The second-order valence-electron chi connectivity index (χ2n) is 5.43. The van der Waals surface area contributed by atoms with Crippen LogP contribution in [0.5, 0.6) is 5.75 Å². The number of alkyl halides is 2. The minimum atomic E-state index is -3.08. The Hall–Kier alpha value is -2.04. The molecule has 0 bridgehead atoms. The summed E-state index contributed by atoms with van der Waals surface area (Å²) in [5, 5.41) is 21.0. The van der Waals surface area contributed by atoms with Crippen molar-refractivity contribution in [2.24, 2.45) is 4.99 Å². The van der Waals surface area contributed by atoms with Gasteiger partial charge in [0.05, 0.1) is 27.8 Å². The average molecular weight is 447 g/mol. The molecule has 0 saturated heterocycles. The van der Waals surface area contributed by atoms with Crippen molar-refractivity contribution in [2.45, 2.75) is 6.61 Å². The SMILES string of the molecule is [Na+].[O-]C(=Nc1c(Cl)cncc1Cl)c1ccc(OC(F)F)c2oc3cnncc3c12. The number of aliphatic imine (C=N–C) groups is 1. The standard InChI is InChI=1S/C17H8Cl2F2N4O3.Na/c18-9-4-22-5-10(19)14(9)25-16(26)7-1-2-11(28-17(20)21)15-13(7)8-3-23-24-6-12(8)27-15;/h1-6,17H,(H,22,25,26);/q;+1/p-1. The molecule has 0 fully saturated rings. The van der Waals surface area contributed by atoms with E-state index in [9.17, 15) is 13.9 Å². The van der Waals surface area contributed by atoms with Gasteiger partial charge < -0.3 is 14.3 Å². The second kappa shape index (κ2) is 8.76. The molecule has 7 nitrogen and oxygen atoms in total. The van der Waals surface area contributed by atoms with Crippen LogP contribution in [0.4, 0.5) is 14.5 Å². The third-order valence-electron chi connectivity index (χ3n) is 3.78. The molecule has 3 heterocycles. The van der Waals surface area contributed by atoms with Crippen LogP contribution in [0.1, 0.15) is 5.56 Å². The van der Waals surface area contributed by atoms with Crippen molar-refractivity contribution < 1.29 is 52.6 Å². The number of fused-ring (bicyclic) bond motifs is 3. The van der Waals surface area contributed by atoms with E-state index in [0.717, 1.165) is 0 Å². The largest absolute Gasteiger partial charge is 1.00 e. The van der Waals surface area contributed by atoms with Crippen molar-refractivity contribution in [3.05, 3.63) is 52.5 Å². The van der Waals surface area contributed by atoms with Crippen LogP contribution >= 0.6 is 23.2 Å². The van der Waals surface area contributed by atoms with Gasteiger partial charge in [-0.25, -0.2) is 0 Å². The van der Waals surface area contributed by atoms with Gasteiger partial charge in [-0.3, -0.25) is 9.98 Å². The molecule has 3 aromatic heterocycles. The predicted molar refractivity (Wildman–Crippen MR) is 96.4 cm³/mol. The van der Waals surface area contributed by atoms with E-state index < -0.39 is 12.5 Å². The minimum absolute atomic E-state index is 0. The van der Waals surface area contributed by atoms with Crippen LogP contribution in [-0.2, 0) is 0 Å². The molecule has 1 aromatic carbocycles. The van der Waals surface area contributed by atoms with E-state index in [1.165, 1.54) is 36.9 Å². The Labute approximate surface area is 193 Å². The third kappa shape index (κ3) is 4.15. The van der Waals surface area contributed by atoms with Crippen LogP contribution in [0.2, 0.25) is 10.0 Å². The first kappa shape index (κ1) is 21.7. The van der Waals surface area contributed by atoms with Gasteiger partial charge in [-0.2, -0.15) is 19.0 Å². The Morgan fingerprint density at radius 3 is 2.48 bits per heavy atom. The van der Waals surface area contributed by atoms with Crippen LogP contribution in [0.25, 0.3) is 21.9 Å². The number of aromatic nitrogens is 3. The fraction of sp³-hybridized carbons (Fsp3) is 0.0588. The molecule has 4 aromatic rings. The average Bonchev–Trinajstić information content (AvgIpc) is 3.05. The third-order valence-corrected chi connectivity index (χ3v) is 4.34. The van der Waals surface area contributed by atoms with Crippen LogP contribution < -0.4 is 39.4 Å². The summed E-state index contributed by atoms with van der Waals surface area (Å²) in [6.07, 6.45) is 5.22. The van der Waals surface area contributed by atoms with E-state index in [-0.39, 0.29) is 73.2 Å². The van der Waals surface area contributed by atoms with Crippen LogP contribution in [0.15, 0.2) is 46.3 Å². The fourth-order valence-electron chi connectivity index (χ4n) is 2.66. The second-order valence-corrected chi connectivity index (χ2v) is 6.25. The Balaban J connectivity index is 0.00000240. The van der Waals surface area contributed by atoms with Gasteiger partial charge >= 0.3 is 36.2 Å². The summed E-state index contributed by atoms with van der Waals surface area (Å²) in [5.41, 5.74) is 0.284. The van der Waals surface area contributed by atoms with Gasteiger partial charge in [0.1, 0.15) is 5.69 Å². The number of ether oxygens (including phenoxy) is 1. The topological polar surface area (TPSA) is 96.5 Å². The summed E-state index contributed by atoms with van der Waals surface area (Å²) in [5.74, 6) is -0.958. The van der Waals surface area contributed by atoms with Gasteiger partial charge in [0.25, 0.3) is 0 Å². The first-order valence-corrected chi connectivity index (χ1v) is 8.37. The summed E-state index contributed by atoms with van der Waals surface area (Å²) >= 11 is 12.0. The molecule has 29 heavy (non-hydrogen) atoms. The summed E-state index contributed by atoms with van der Waals surface area (Å²) in [4.78, 5) is 7.74. The van der Waals surface area contributed by atoms with Crippen LogP contribution in [-0.4, -0.2) is 27.7 Å². The molecule has 0 atom stereocenters. The van der Waals surface area contributed by atoms with E-state index in [4.69, 9.17) is 27.6 Å². The normalized spacial score (nSPS) is 11.8. The van der Waals surface area contributed by atoms with E-state index in [2.05, 4.69) is 24.9 Å². The molecular weight excluding hydrogens is 440 g/mol. The first-order chi connectivity index (χ1) is 13.5.